The number of hydrogen-bond donors (Lipinski definition) is 1. The van der Waals surface area contributed by atoms with E-state index in [9.17, 15) is 0 Å². The van der Waals surface area contributed by atoms with Crippen molar-refractivity contribution in [3.05, 3.63) is 34.4 Å². The molecule has 2 unspecified atom stereocenters. The molecule has 2 N–H and O–H groups in total. The van der Waals surface area contributed by atoms with Gasteiger partial charge >= 0.3 is 0 Å². The number of piperidine rings is 1. The van der Waals surface area contributed by atoms with Crippen LogP contribution in [0.4, 0.5) is 0 Å². The first-order chi connectivity index (χ1) is 9.04. The third-order valence-corrected chi connectivity index (χ3v) is 4.60. The summed E-state index contributed by atoms with van der Waals surface area (Å²) in [5, 5.41) is 0. The molecule has 1 fully saturated rings. The normalized spacial score (nSPS) is 22.5. The lowest BCUT2D eigenvalue weighted by atomic mass is 9.91. The molecule has 0 amide bonds. The smallest absolute Gasteiger partial charge is 0.0328 e. The van der Waals surface area contributed by atoms with Gasteiger partial charge in [-0.2, -0.15) is 0 Å². The van der Waals surface area contributed by atoms with Gasteiger partial charge in [0.1, 0.15) is 0 Å². The molecule has 1 aromatic rings. The molecule has 1 heterocycles. The first kappa shape index (κ1) is 14.5. The summed E-state index contributed by atoms with van der Waals surface area (Å²) in [6.45, 7) is 11.0. The topological polar surface area (TPSA) is 29.3 Å². The summed E-state index contributed by atoms with van der Waals surface area (Å²) in [6, 6.07) is 5.65. The van der Waals surface area contributed by atoms with Crippen molar-refractivity contribution in [1.29, 1.82) is 0 Å². The fourth-order valence-electron chi connectivity index (χ4n) is 3.80. The molecule has 1 saturated heterocycles. The molecule has 2 heteroatoms. The standard InChI is InChI=1S/C17H28N2/c1-12-9-13(2)17(14(3)10-12)15(4)19-8-6-5-7-16(19)11-18/h9-10,15-16H,5-8,11,18H2,1-4H3. The second-order valence-corrected chi connectivity index (χ2v) is 6.11. The first-order valence-corrected chi connectivity index (χ1v) is 7.58. The Labute approximate surface area is 118 Å². The molecule has 2 rings (SSSR count). The molecular formula is C17H28N2. The minimum atomic E-state index is 0.481. The van der Waals surface area contributed by atoms with Gasteiger partial charge in [-0.1, -0.05) is 24.1 Å². The maximum Gasteiger partial charge on any atom is 0.0328 e. The fourth-order valence-corrected chi connectivity index (χ4v) is 3.80. The number of likely N-dealkylation sites (tertiary alicyclic amines) is 1. The van der Waals surface area contributed by atoms with Gasteiger partial charge in [-0.15, -0.1) is 0 Å². The van der Waals surface area contributed by atoms with Crippen molar-refractivity contribution in [1.82, 2.24) is 4.90 Å². The number of benzene rings is 1. The highest BCUT2D eigenvalue weighted by atomic mass is 15.2. The van der Waals surface area contributed by atoms with E-state index in [4.69, 9.17) is 5.73 Å². The summed E-state index contributed by atoms with van der Waals surface area (Å²) >= 11 is 0. The van der Waals surface area contributed by atoms with E-state index in [-0.39, 0.29) is 0 Å². The average Bonchev–Trinajstić information content (AvgIpc) is 2.37. The van der Waals surface area contributed by atoms with Crippen molar-refractivity contribution in [3.8, 4) is 0 Å². The van der Waals surface area contributed by atoms with Crippen molar-refractivity contribution < 1.29 is 0 Å². The van der Waals surface area contributed by atoms with E-state index in [1.807, 2.05) is 0 Å². The van der Waals surface area contributed by atoms with Gasteiger partial charge in [0.05, 0.1) is 0 Å². The van der Waals surface area contributed by atoms with Crippen molar-refractivity contribution >= 4 is 0 Å². The van der Waals surface area contributed by atoms with Gasteiger partial charge in [0.15, 0.2) is 0 Å². The van der Waals surface area contributed by atoms with Gasteiger partial charge in [0, 0.05) is 18.6 Å². The lowest BCUT2D eigenvalue weighted by Crippen LogP contribution is -2.45. The molecule has 0 aromatic heterocycles. The number of nitrogens with zero attached hydrogens (tertiary/aromatic N) is 1. The third-order valence-electron chi connectivity index (χ3n) is 4.60. The molecule has 106 valence electrons. The van der Waals surface area contributed by atoms with E-state index in [0.29, 0.717) is 12.1 Å². The zero-order valence-corrected chi connectivity index (χ0v) is 12.9. The Morgan fingerprint density at radius 2 is 1.84 bits per heavy atom. The highest BCUT2D eigenvalue weighted by Crippen LogP contribution is 2.32. The van der Waals surface area contributed by atoms with Crippen LogP contribution in [-0.4, -0.2) is 24.0 Å². The fraction of sp³-hybridized carbons (Fsp3) is 0.647. The maximum absolute atomic E-state index is 5.97. The summed E-state index contributed by atoms with van der Waals surface area (Å²) in [5.41, 5.74) is 11.7. The minimum absolute atomic E-state index is 0.481. The van der Waals surface area contributed by atoms with Gasteiger partial charge in [0.2, 0.25) is 0 Å². The molecule has 2 nitrogen and oxygen atoms in total. The van der Waals surface area contributed by atoms with Crippen LogP contribution >= 0.6 is 0 Å². The van der Waals surface area contributed by atoms with Crippen LogP contribution in [0.1, 0.15) is 54.5 Å². The van der Waals surface area contributed by atoms with Crippen LogP contribution < -0.4 is 5.73 Å². The van der Waals surface area contributed by atoms with Crippen molar-refractivity contribution in [2.75, 3.05) is 13.1 Å². The van der Waals surface area contributed by atoms with Crippen LogP contribution in [0.15, 0.2) is 12.1 Å². The lowest BCUT2D eigenvalue weighted by molar-refractivity contribution is 0.107. The summed E-state index contributed by atoms with van der Waals surface area (Å²) in [7, 11) is 0. The maximum atomic E-state index is 5.97. The van der Waals surface area contributed by atoms with E-state index in [1.54, 1.807) is 0 Å². The van der Waals surface area contributed by atoms with E-state index < -0.39 is 0 Å². The van der Waals surface area contributed by atoms with Gasteiger partial charge in [-0.25, -0.2) is 0 Å². The Balaban J connectivity index is 2.30. The van der Waals surface area contributed by atoms with Crippen molar-refractivity contribution in [2.24, 2.45) is 5.73 Å². The summed E-state index contributed by atoms with van der Waals surface area (Å²) in [4.78, 5) is 2.62. The van der Waals surface area contributed by atoms with Gasteiger partial charge < -0.3 is 5.73 Å². The lowest BCUT2D eigenvalue weighted by Gasteiger charge is -2.40. The SMILES string of the molecule is Cc1cc(C)c(C(C)N2CCCCC2CN)c(C)c1. The highest BCUT2D eigenvalue weighted by molar-refractivity contribution is 5.39. The van der Waals surface area contributed by atoms with E-state index in [0.717, 1.165) is 6.54 Å². The number of nitrogens with two attached hydrogens (primary N) is 1. The summed E-state index contributed by atoms with van der Waals surface area (Å²) in [6.07, 6.45) is 3.90. The van der Waals surface area contributed by atoms with Gasteiger partial charge in [0.25, 0.3) is 0 Å². The molecule has 0 spiro atoms. The zero-order chi connectivity index (χ0) is 14.0. The number of rotatable bonds is 3. The largest absolute Gasteiger partial charge is 0.329 e. The van der Waals surface area contributed by atoms with Crippen LogP contribution in [0.25, 0.3) is 0 Å². The van der Waals surface area contributed by atoms with Crippen LogP contribution in [-0.2, 0) is 0 Å². The summed E-state index contributed by atoms with van der Waals surface area (Å²) < 4.78 is 0. The Morgan fingerprint density at radius 1 is 1.21 bits per heavy atom. The molecule has 19 heavy (non-hydrogen) atoms. The Morgan fingerprint density at radius 3 is 2.42 bits per heavy atom. The first-order valence-electron chi connectivity index (χ1n) is 7.58. The van der Waals surface area contributed by atoms with Gasteiger partial charge in [-0.3, -0.25) is 4.90 Å². The molecule has 1 aromatic carbocycles. The van der Waals surface area contributed by atoms with Crippen molar-refractivity contribution in [3.63, 3.8) is 0 Å². The predicted octanol–water partition coefficient (Wildman–Crippen LogP) is 3.49. The minimum Gasteiger partial charge on any atom is -0.329 e. The van der Waals surface area contributed by atoms with E-state index in [2.05, 4.69) is 44.7 Å². The van der Waals surface area contributed by atoms with Gasteiger partial charge in [-0.05, 0) is 63.8 Å². The monoisotopic (exact) mass is 260 g/mol. The molecule has 0 radical (unpaired) electrons. The number of hydrogen-bond acceptors (Lipinski definition) is 2. The second-order valence-electron chi connectivity index (χ2n) is 6.11. The van der Waals surface area contributed by atoms with Crippen LogP contribution in [0.5, 0.6) is 0 Å². The summed E-state index contributed by atoms with van der Waals surface area (Å²) in [5.74, 6) is 0. The van der Waals surface area contributed by atoms with Crippen molar-refractivity contribution in [2.45, 2.75) is 59.0 Å². The third kappa shape index (κ3) is 3.01. The predicted molar refractivity (Wildman–Crippen MR) is 82.5 cm³/mol. The molecule has 0 aliphatic carbocycles. The van der Waals surface area contributed by atoms with Crippen LogP contribution in [0, 0.1) is 20.8 Å². The molecule has 0 bridgehead atoms. The van der Waals surface area contributed by atoms with E-state index >= 15 is 0 Å². The molecule has 0 saturated carbocycles. The molecule has 1 aliphatic rings. The quantitative estimate of drug-likeness (QED) is 0.901. The molecular weight excluding hydrogens is 232 g/mol. The Hall–Kier alpha value is -0.860. The molecule has 2 atom stereocenters. The highest BCUT2D eigenvalue weighted by Gasteiger charge is 2.27. The Kier molecular flexibility index (Phi) is 4.64. The second kappa shape index (κ2) is 6.06. The van der Waals surface area contributed by atoms with Crippen LogP contribution in [0.3, 0.4) is 0 Å². The van der Waals surface area contributed by atoms with Crippen LogP contribution in [0.2, 0.25) is 0 Å². The number of aryl methyl sites for hydroxylation is 3. The zero-order valence-electron chi connectivity index (χ0n) is 12.9. The molecule has 1 aliphatic heterocycles. The van der Waals surface area contributed by atoms with E-state index in [1.165, 1.54) is 48.1 Å². The Bertz CT molecular complexity index is 416. The average molecular weight is 260 g/mol.